The first-order valence-corrected chi connectivity index (χ1v) is 7.98. The molecule has 1 unspecified atom stereocenters. The van der Waals surface area contributed by atoms with Gasteiger partial charge in [-0.2, -0.15) is 0 Å². The smallest absolute Gasteiger partial charge is 0.0450 e. The summed E-state index contributed by atoms with van der Waals surface area (Å²) in [4.78, 5) is 0. The van der Waals surface area contributed by atoms with E-state index in [9.17, 15) is 0 Å². The van der Waals surface area contributed by atoms with Crippen molar-refractivity contribution >= 4 is 0 Å². The van der Waals surface area contributed by atoms with Gasteiger partial charge in [-0.25, -0.2) is 0 Å². The minimum Gasteiger partial charge on any atom is -0.321 e. The van der Waals surface area contributed by atoms with E-state index in [1.54, 1.807) is 0 Å². The second-order valence-electron chi connectivity index (χ2n) is 6.35. The summed E-state index contributed by atoms with van der Waals surface area (Å²) in [5.41, 5.74) is 10.4. The summed E-state index contributed by atoms with van der Waals surface area (Å²) in [6, 6.07) is 19.4. The van der Waals surface area contributed by atoms with Crippen molar-refractivity contribution in [3.05, 3.63) is 71.3 Å². The van der Waals surface area contributed by atoms with Gasteiger partial charge >= 0.3 is 0 Å². The molecule has 0 aromatic heterocycles. The Bertz CT molecular complexity index is 542. The normalized spacial score (nSPS) is 14.1. The zero-order valence-electron chi connectivity index (χ0n) is 13.5. The molecule has 0 aliphatic rings. The number of nitrogens with two attached hydrogens (primary N) is 1. The lowest BCUT2D eigenvalue weighted by Crippen LogP contribution is -2.38. The monoisotopic (exact) mass is 281 g/mol. The second kappa shape index (κ2) is 6.91. The Hall–Kier alpha value is -1.60. The van der Waals surface area contributed by atoms with Crippen LogP contribution in [0.25, 0.3) is 0 Å². The second-order valence-corrected chi connectivity index (χ2v) is 6.35. The van der Waals surface area contributed by atoms with Gasteiger partial charge in [-0.15, -0.1) is 0 Å². The average Bonchev–Trinajstić information content (AvgIpc) is 2.49. The van der Waals surface area contributed by atoms with Crippen molar-refractivity contribution in [1.29, 1.82) is 0 Å². The van der Waals surface area contributed by atoms with Gasteiger partial charge in [0.05, 0.1) is 0 Å². The highest BCUT2D eigenvalue weighted by Crippen LogP contribution is 2.28. The van der Waals surface area contributed by atoms with Gasteiger partial charge in [0.25, 0.3) is 0 Å². The fourth-order valence-electron chi connectivity index (χ4n) is 2.94. The van der Waals surface area contributed by atoms with Crippen LogP contribution in [0, 0.1) is 0 Å². The standard InChI is InChI=1S/C20H27N/c1-4-14-20(21,19-8-6-5-7-9-19)15-17-10-12-18(13-11-17)16(2)3/h5-13,16H,4,14-15,21H2,1-3H3. The van der Waals surface area contributed by atoms with Crippen molar-refractivity contribution in [3.63, 3.8) is 0 Å². The first-order valence-electron chi connectivity index (χ1n) is 7.98. The van der Waals surface area contributed by atoms with Crippen LogP contribution in [0.15, 0.2) is 54.6 Å². The lowest BCUT2D eigenvalue weighted by molar-refractivity contribution is 0.400. The molecule has 1 atom stereocenters. The van der Waals surface area contributed by atoms with E-state index in [1.807, 2.05) is 6.07 Å². The molecule has 0 heterocycles. The summed E-state index contributed by atoms with van der Waals surface area (Å²) >= 11 is 0. The summed E-state index contributed by atoms with van der Waals surface area (Å²) in [5, 5.41) is 0. The Kier molecular flexibility index (Phi) is 5.19. The van der Waals surface area contributed by atoms with Crippen LogP contribution in [0.1, 0.15) is 56.2 Å². The van der Waals surface area contributed by atoms with Crippen LogP contribution in [0.4, 0.5) is 0 Å². The van der Waals surface area contributed by atoms with E-state index in [4.69, 9.17) is 5.73 Å². The maximum atomic E-state index is 6.76. The topological polar surface area (TPSA) is 26.0 Å². The molecule has 112 valence electrons. The third-order valence-electron chi connectivity index (χ3n) is 4.21. The maximum absolute atomic E-state index is 6.76. The fourth-order valence-corrected chi connectivity index (χ4v) is 2.94. The van der Waals surface area contributed by atoms with E-state index in [-0.39, 0.29) is 5.54 Å². The molecule has 2 N–H and O–H groups in total. The maximum Gasteiger partial charge on any atom is 0.0450 e. The molecule has 0 amide bonds. The van der Waals surface area contributed by atoms with Crippen LogP contribution in [0.2, 0.25) is 0 Å². The molecule has 1 heteroatoms. The molecule has 1 nitrogen and oxygen atoms in total. The van der Waals surface area contributed by atoms with Crippen LogP contribution in [0.5, 0.6) is 0 Å². The Morgan fingerprint density at radius 3 is 2.10 bits per heavy atom. The van der Waals surface area contributed by atoms with Crippen LogP contribution >= 0.6 is 0 Å². The Labute approximate surface area is 129 Å². The molecule has 0 aliphatic heterocycles. The van der Waals surface area contributed by atoms with Crippen molar-refractivity contribution in [2.45, 2.75) is 51.5 Å². The largest absolute Gasteiger partial charge is 0.321 e. The molecule has 0 fully saturated rings. The summed E-state index contributed by atoms with van der Waals surface area (Å²) in [5.74, 6) is 0.575. The first-order chi connectivity index (χ1) is 10.0. The lowest BCUT2D eigenvalue weighted by atomic mass is 9.81. The Morgan fingerprint density at radius 1 is 0.952 bits per heavy atom. The first kappa shape index (κ1) is 15.8. The summed E-state index contributed by atoms with van der Waals surface area (Å²) in [6.45, 7) is 6.65. The summed E-state index contributed by atoms with van der Waals surface area (Å²) < 4.78 is 0. The van der Waals surface area contributed by atoms with E-state index in [2.05, 4.69) is 69.3 Å². The molecule has 2 rings (SSSR count). The minimum absolute atomic E-state index is 0.268. The molecule has 2 aromatic rings. The Balaban J connectivity index is 2.23. The van der Waals surface area contributed by atoms with Gasteiger partial charge in [-0.3, -0.25) is 0 Å². The molecule has 0 bridgehead atoms. The molecular formula is C20H27N. The van der Waals surface area contributed by atoms with Crippen molar-refractivity contribution in [1.82, 2.24) is 0 Å². The third kappa shape index (κ3) is 3.95. The molecule has 21 heavy (non-hydrogen) atoms. The minimum atomic E-state index is -0.268. The molecule has 0 aliphatic carbocycles. The molecule has 0 spiro atoms. The summed E-state index contributed by atoms with van der Waals surface area (Å²) in [6.07, 6.45) is 2.99. The van der Waals surface area contributed by atoms with Crippen LogP contribution in [-0.2, 0) is 12.0 Å². The van der Waals surface area contributed by atoms with Gasteiger partial charge in [-0.05, 0) is 35.4 Å². The highest BCUT2D eigenvalue weighted by molar-refractivity contribution is 5.30. The number of rotatable bonds is 6. The van der Waals surface area contributed by atoms with E-state index in [0.29, 0.717) is 5.92 Å². The van der Waals surface area contributed by atoms with E-state index < -0.39 is 0 Å². The van der Waals surface area contributed by atoms with Gasteiger partial charge in [-0.1, -0.05) is 81.8 Å². The predicted octanol–water partition coefficient (Wildman–Crippen LogP) is 5.01. The fraction of sp³-hybridized carbons (Fsp3) is 0.400. The summed E-state index contributed by atoms with van der Waals surface area (Å²) in [7, 11) is 0. The average molecular weight is 281 g/mol. The zero-order valence-corrected chi connectivity index (χ0v) is 13.5. The van der Waals surface area contributed by atoms with Crippen LogP contribution in [-0.4, -0.2) is 0 Å². The lowest BCUT2D eigenvalue weighted by Gasteiger charge is -2.30. The molecule has 0 saturated carbocycles. The van der Waals surface area contributed by atoms with Crippen LogP contribution < -0.4 is 5.73 Å². The van der Waals surface area contributed by atoms with E-state index >= 15 is 0 Å². The van der Waals surface area contributed by atoms with Gasteiger partial charge < -0.3 is 5.73 Å². The van der Waals surface area contributed by atoms with Crippen LogP contribution in [0.3, 0.4) is 0 Å². The van der Waals surface area contributed by atoms with Crippen molar-refractivity contribution in [2.24, 2.45) is 5.73 Å². The third-order valence-corrected chi connectivity index (χ3v) is 4.21. The highest BCUT2D eigenvalue weighted by atomic mass is 14.7. The van der Waals surface area contributed by atoms with Crippen molar-refractivity contribution in [3.8, 4) is 0 Å². The quantitative estimate of drug-likeness (QED) is 0.791. The van der Waals surface area contributed by atoms with E-state index in [1.165, 1.54) is 16.7 Å². The Morgan fingerprint density at radius 2 is 1.57 bits per heavy atom. The van der Waals surface area contributed by atoms with Crippen molar-refractivity contribution in [2.75, 3.05) is 0 Å². The highest BCUT2D eigenvalue weighted by Gasteiger charge is 2.26. The predicted molar refractivity (Wildman–Crippen MR) is 91.5 cm³/mol. The van der Waals surface area contributed by atoms with Gasteiger partial charge in [0.15, 0.2) is 0 Å². The molecule has 2 aromatic carbocycles. The number of hydrogen-bond donors (Lipinski definition) is 1. The van der Waals surface area contributed by atoms with Crippen molar-refractivity contribution < 1.29 is 0 Å². The number of benzene rings is 2. The van der Waals surface area contributed by atoms with E-state index in [0.717, 1.165) is 19.3 Å². The molecule has 0 radical (unpaired) electrons. The van der Waals surface area contributed by atoms with Gasteiger partial charge in [0.2, 0.25) is 0 Å². The SMILES string of the molecule is CCCC(N)(Cc1ccc(C(C)C)cc1)c1ccccc1. The number of hydrogen-bond acceptors (Lipinski definition) is 1. The van der Waals surface area contributed by atoms with Gasteiger partial charge in [0.1, 0.15) is 0 Å². The van der Waals surface area contributed by atoms with Gasteiger partial charge in [0, 0.05) is 5.54 Å². The molecular weight excluding hydrogens is 254 g/mol. The molecule has 0 saturated heterocycles. The zero-order chi connectivity index (χ0) is 15.3.